The van der Waals surface area contributed by atoms with Crippen molar-refractivity contribution in [3.05, 3.63) is 36.0 Å². The van der Waals surface area contributed by atoms with Gasteiger partial charge in [0.25, 0.3) is 0 Å². The van der Waals surface area contributed by atoms with E-state index in [1.807, 2.05) is 0 Å². The number of amides is 1. The van der Waals surface area contributed by atoms with Gasteiger partial charge < -0.3 is 19.9 Å². The first-order chi connectivity index (χ1) is 11.8. The van der Waals surface area contributed by atoms with Gasteiger partial charge in [-0.3, -0.25) is 4.79 Å². The van der Waals surface area contributed by atoms with E-state index in [9.17, 15) is 4.79 Å². The summed E-state index contributed by atoms with van der Waals surface area (Å²) in [6.07, 6.45) is 5.21. The molecule has 1 aromatic carbocycles. The van der Waals surface area contributed by atoms with Crippen LogP contribution >= 0.6 is 0 Å². The number of piperidine rings is 1. The van der Waals surface area contributed by atoms with Crippen LogP contribution in [0.3, 0.4) is 0 Å². The first-order valence-electron chi connectivity index (χ1n) is 8.83. The van der Waals surface area contributed by atoms with E-state index >= 15 is 0 Å². The van der Waals surface area contributed by atoms with Crippen LogP contribution in [0.1, 0.15) is 24.8 Å². The topological polar surface area (TPSA) is 55.3 Å². The minimum absolute atomic E-state index is 0.105. The number of ether oxygens (including phenoxy) is 1. The Labute approximate surface area is 143 Å². The molecular weight excluding hydrogens is 302 g/mol. The van der Waals surface area contributed by atoms with E-state index in [0.29, 0.717) is 6.54 Å². The summed E-state index contributed by atoms with van der Waals surface area (Å²) >= 11 is 0. The number of fused-ring (bicyclic) bond motifs is 1. The fraction of sp³-hybridized carbons (Fsp3) is 0.526. The number of rotatable bonds is 7. The summed E-state index contributed by atoms with van der Waals surface area (Å²) in [5.41, 5.74) is 2.40. The molecule has 1 amide bonds. The molecule has 1 saturated heterocycles. The Morgan fingerprint density at radius 3 is 3.08 bits per heavy atom. The molecule has 1 unspecified atom stereocenters. The highest BCUT2D eigenvalue weighted by molar-refractivity contribution is 5.85. The third kappa shape index (κ3) is 3.97. The lowest BCUT2D eigenvalue weighted by Crippen LogP contribution is -2.40. The normalized spacial score (nSPS) is 18.0. The molecule has 2 aromatic rings. The molecule has 0 radical (unpaired) electrons. The molecule has 24 heavy (non-hydrogen) atoms. The second-order valence-electron chi connectivity index (χ2n) is 6.47. The molecule has 5 nitrogen and oxygen atoms in total. The second-order valence-corrected chi connectivity index (χ2v) is 6.47. The Hall–Kier alpha value is -1.85. The van der Waals surface area contributed by atoms with Crippen molar-refractivity contribution in [3.63, 3.8) is 0 Å². The predicted molar refractivity (Wildman–Crippen MR) is 95.9 cm³/mol. The SMILES string of the molecule is COCCCn1cc(CNC(=O)C2CCCNC2)c2ccccc21. The molecule has 5 heteroatoms. The van der Waals surface area contributed by atoms with E-state index < -0.39 is 0 Å². The lowest BCUT2D eigenvalue weighted by molar-refractivity contribution is -0.125. The number of nitrogens with zero attached hydrogens (tertiary/aromatic N) is 1. The average molecular weight is 329 g/mol. The summed E-state index contributed by atoms with van der Waals surface area (Å²) in [7, 11) is 1.73. The van der Waals surface area contributed by atoms with Crippen LogP contribution in [-0.2, 0) is 22.6 Å². The van der Waals surface area contributed by atoms with Gasteiger partial charge in [0, 0.05) is 50.5 Å². The number of para-hydroxylation sites is 1. The van der Waals surface area contributed by atoms with Gasteiger partial charge in [-0.2, -0.15) is 0 Å². The highest BCUT2D eigenvalue weighted by Gasteiger charge is 2.20. The molecule has 0 spiro atoms. The lowest BCUT2D eigenvalue weighted by Gasteiger charge is -2.21. The van der Waals surface area contributed by atoms with Crippen molar-refractivity contribution in [2.45, 2.75) is 32.4 Å². The number of aryl methyl sites for hydroxylation is 1. The Morgan fingerprint density at radius 2 is 2.29 bits per heavy atom. The number of methoxy groups -OCH3 is 1. The molecule has 0 saturated carbocycles. The quantitative estimate of drug-likeness (QED) is 0.767. The van der Waals surface area contributed by atoms with Gasteiger partial charge in [-0.25, -0.2) is 0 Å². The largest absolute Gasteiger partial charge is 0.385 e. The minimum Gasteiger partial charge on any atom is -0.385 e. The van der Waals surface area contributed by atoms with Gasteiger partial charge in [-0.05, 0) is 37.4 Å². The molecule has 1 aromatic heterocycles. The molecule has 1 aliphatic rings. The smallest absolute Gasteiger partial charge is 0.224 e. The summed E-state index contributed by atoms with van der Waals surface area (Å²) in [4.78, 5) is 12.4. The highest BCUT2D eigenvalue weighted by Crippen LogP contribution is 2.22. The Balaban J connectivity index is 1.68. The first-order valence-corrected chi connectivity index (χ1v) is 8.83. The van der Waals surface area contributed by atoms with E-state index in [2.05, 4.69) is 45.7 Å². The van der Waals surface area contributed by atoms with E-state index in [1.54, 1.807) is 7.11 Å². The van der Waals surface area contributed by atoms with Gasteiger partial charge >= 0.3 is 0 Å². The van der Waals surface area contributed by atoms with Crippen LogP contribution in [0.4, 0.5) is 0 Å². The molecule has 2 N–H and O–H groups in total. The second kappa shape index (κ2) is 8.31. The van der Waals surface area contributed by atoms with Crippen LogP contribution in [-0.4, -0.2) is 37.3 Å². The van der Waals surface area contributed by atoms with Crippen molar-refractivity contribution >= 4 is 16.8 Å². The molecule has 1 fully saturated rings. The van der Waals surface area contributed by atoms with Crippen LogP contribution in [0.2, 0.25) is 0 Å². The minimum atomic E-state index is 0.105. The number of hydrogen-bond donors (Lipinski definition) is 2. The van der Waals surface area contributed by atoms with Crippen molar-refractivity contribution in [1.29, 1.82) is 0 Å². The van der Waals surface area contributed by atoms with E-state index in [1.165, 1.54) is 16.5 Å². The molecule has 130 valence electrons. The van der Waals surface area contributed by atoms with Gasteiger partial charge in [-0.1, -0.05) is 18.2 Å². The molecule has 2 heterocycles. The summed E-state index contributed by atoms with van der Waals surface area (Å²) in [5, 5.41) is 7.64. The Bertz CT molecular complexity index is 674. The lowest BCUT2D eigenvalue weighted by atomic mass is 9.99. The third-order valence-corrected chi connectivity index (χ3v) is 4.74. The maximum atomic E-state index is 12.4. The molecule has 1 atom stereocenters. The van der Waals surface area contributed by atoms with Gasteiger partial charge in [0.05, 0.1) is 5.92 Å². The molecule has 3 rings (SSSR count). The van der Waals surface area contributed by atoms with Crippen molar-refractivity contribution in [3.8, 4) is 0 Å². The fourth-order valence-electron chi connectivity index (χ4n) is 3.43. The number of nitrogens with one attached hydrogen (secondary N) is 2. The van der Waals surface area contributed by atoms with Crippen molar-refractivity contribution in [1.82, 2.24) is 15.2 Å². The molecule has 0 aliphatic carbocycles. The van der Waals surface area contributed by atoms with Gasteiger partial charge in [0.2, 0.25) is 5.91 Å². The zero-order valence-corrected chi connectivity index (χ0v) is 14.4. The standard InChI is InChI=1S/C19H27N3O2/c1-24-11-5-10-22-14-16(17-7-2-3-8-18(17)22)13-21-19(23)15-6-4-9-20-12-15/h2-3,7-8,14-15,20H,4-6,9-13H2,1H3,(H,21,23). The summed E-state index contributed by atoms with van der Waals surface area (Å²) < 4.78 is 7.41. The number of aromatic nitrogens is 1. The predicted octanol–water partition coefficient (Wildman–Crippen LogP) is 2.29. The zero-order valence-electron chi connectivity index (χ0n) is 14.4. The number of hydrogen-bond acceptors (Lipinski definition) is 3. The van der Waals surface area contributed by atoms with Crippen LogP contribution in [0.25, 0.3) is 10.9 Å². The molecule has 0 bridgehead atoms. The summed E-state index contributed by atoms with van der Waals surface area (Å²) in [6.45, 7) is 4.10. The van der Waals surface area contributed by atoms with Gasteiger partial charge in [0.1, 0.15) is 0 Å². The van der Waals surface area contributed by atoms with E-state index in [0.717, 1.165) is 45.5 Å². The van der Waals surface area contributed by atoms with Crippen molar-refractivity contribution in [2.75, 3.05) is 26.8 Å². The Kier molecular flexibility index (Phi) is 5.88. The van der Waals surface area contributed by atoms with Gasteiger partial charge in [0.15, 0.2) is 0 Å². The monoisotopic (exact) mass is 329 g/mol. The maximum absolute atomic E-state index is 12.4. The van der Waals surface area contributed by atoms with Crippen LogP contribution in [0.15, 0.2) is 30.5 Å². The summed E-state index contributed by atoms with van der Waals surface area (Å²) in [5.74, 6) is 0.271. The zero-order chi connectivity index (χ0) is 16.8. The third-order valence-electron chi connectivity index (χ3n) is 4.74. The summed E-state index contributed by atoms with van der Waals surface area (Å²) in [6, 6.07) is 8.38. The number of carbonyl (C=O) groups is 1. The van der Waals surface area contributed by atoms with Crippen molar-refractivity contribution < 1.29 is 9.53 Å². The number of benzene rings is 1. The van der Waals surface area contributed by atoms with E-state index in [-0.39, 0.29) is 11.8 Å². The van der Waals surface area contributed by atoms with E-state index in [4.69, 9.17) is 4.74 Å². The van der Waals surface area contributed by atoms with Gasteiger partial charge in [-0.15, -0.1) is 0 Å². The molecule has 1 aliphatic heterocycles. The van der Waals surface area contributed by atoms with Crippen LogP contribution in [0.5, 0.6) is 0 Å². The maximum Gasteiger partial charge on any atom is 0.224 e. The Morgan fingerprint density at radius 1 is 1.42 bits per heavy atom. The van der Waals surface area contributed by atoms with Crippen LogP contribution < -0.4 is 10.6 Å². The highest BCUT2D eigenvalue weighted by atomic mass is 16.5. The van der Waals surface area contributed by atoms with Crippen LogP contribution in [0, 0.1) is 5.92 Å². The first kappa shape index (κ1) is 17.0. The molecular formula is C19H27N3O2. The number of carbonyl (C=O) groups excluding carboxylic acids is 1. The fourth-order valence-corrected chi connectivity index (χ4v) is 3.43. The average Bonchev–Trinajstić information content (AvgIpc) is 2.99. The van der Waals surface area contributed by atoms with Crippen molar-refractivity contribution in [2.24, 2.45) is 5.92 Å².